The summed E-state index contributed by atoms with van der Waals surface area (Å²) < 4.78 is 43.8. The molecule has 2 aromatic rings. The number of benzene rings is 2. The molecule has 0 bridgehead atoms. The van der Waals surface area contributed by atoms with Crippen LogP contribution in [0.3, 0.4) is 0 Å². The first kappa shape index (κ1) is 14.9. The normalized spacial score (nSPS) is 11.0. The smallest absolute Gasteiger partial charge is 0.444 e. The number of nitrogens with zero attached hydrogens (tertiary/aromatic N) is 1. The molecule has 110 valence electrons. The van der Waals surface area contributed by atoms with Crippen molar-refractivity contribution in [3.8, 4) is 0 Å². The van der Waals surface area contributed by atoms with E-state index in [1.807, 2.05) is 0 Å². The number of ether oxygens (including phenoxy) is 1. The number of amides is 1. The van der Waals surface area contributed by atoms with Gasteiger partial charge in [0, 0.05) is 0 Å². The van der Waals surface area contributed by atoms with Crippen molar-refractivity contribution in [3.05, 3.63) is 66.2 Å². The van der Waals surface area contributed by atoms with E-state index in [1.54, 1.807) is 36.4 Å². The molecular weight excluding hydrogens is 283 g/mol. The minimum absolute atomic E-state index is 0.223. The summed E-state index contributed by atoms with van der Waals surface area (Å²) in [7, 11) is 0. The first-order chi connectivity index (χ1) is 9.98. The molecule has 1 amide bonds. The lowest BCUT2D eigenvalue weighted by Gasteiger charge is -2.24. The molecule has 2 rings (SSSR count). The van der Waals surface area contributed by atoms with Crippen LogP contribution in [0.25, 0.3) is 0 Å². The van der Waals surface area contributed by atoms with Crippen molar-refractivity contribution in [3.63, 3.8) is 0 Å². The van der Waals surface area contributed by atoms with Crippen molar-refractivity contribution in [2.45, 2.75) is 12.9 Å². The van der Waals surface area contributed by atoms with Gasteiger partial charge in [-0.3, -0.25) is 0 Å². The molecule has 0 radical (unpaired) electrons. The molecule has 0 heterocycles. The van der Waals surface area contributed by atoms with Crippen LogP contribution in [0.15, 0.2) is 60.7 Å². The van der Waals surface area contributed by atoms with E-state index in [2.05, 4.69) is 0 Å². The van der Waals surface area contributed by atoms with Crippen LogP contribution in [0.4, 0.5) is 23.7 Å². The summed E-state index contributed by atoms with van der Waals surface area (Å²) in [6.07, 6.45) is -6.31. The number of carbonyl (C=O) groups excluding carboxylic acids is 1. The first-order valence-electron chi connectivity index (χ1n) is 6.11. The van der Waals surface area contributed by atoms with Crippen molar-refractivity contribution < 1.29 is 22.7 Å². The summed E-state index contributed by atoms with van der Waals surface area (Å²) in [6, 6.07) is 15.3. The molecule has 0 aliphatic rings. The average molecular weight is 295 g/mol. The fourth-order valence-electron chi connectivity index (χ4n) is 1.72. The molecule has 0 saturated heterocycles. The van der Waals surface area contributed by atoms with Crippen LogP contribution in [0, 0.1) is 0 Å². The Bertz CT molecular complexity index is 585. The van der Waals surface area contributed by atoms with E-state index in [4.69, 9.17) is 4.74 Å². The van der Waals surface area contributed by atoms with Crippen LogP contribution in [0.2, 0.25) is 0 Å². The lowest BCUT2D eigenvalue weighted by molar-refractivity contribution is -0.125. The minimum Gasteiger partial charge on any atom is -0.444 e. The number of halogens is 3. The Balaban J connectivity index is 2.13. The van der Waals surface area contributed by atoms with E-state index in [0.29, 0.717) is 5.56 Å². The largest absolute Gasteiger partial charge is 0.494 e. The van der Waals surface area contributed by atoms with Crippen molar-refractivity contribution in [2.75, 3.05) is 4.90 Å². The third-order valence-electron chi connectivity index (χ3n) is 2.66. The van der Waals surface area contributed by atoms with E-state index in [0.717, 1.165) is 0 Å². The Morgan fingerprint density at radius 1 is 0.952 bits per heavy atom. The molecule has 0 aromatic heterocycles. The lowest BCUT2D eigenvalue weighted by atomic mass is 10.2. The molecule has 0 aliphatic carbocycles. The van der Waals surface area contributed by atoms with Gasteiger partial charge in [-0.2, -0.15) is 4.90 Å². The Labute approximate surface area is 119 Å². The molecule has 0 spiro atoms. The third-order valence-corrected chi connectivity index (χ3v) is 2.66. The third kappa shape index (κ3) is 3.98. The highest BCUT2D eigenvalue weighted by molar-refractivity contribution is 5.88. The number of hydrogen-bond donors (Lipinski definition) is 0. The predicted molar refractivity (Wildman–Crippen MR) is 71.6 cm³/mol. The van der Waals surface area contributed by atoms with Crippen LogP contribution in [-0.4, -0.2) is 12.4 Å². The second-order valence-corrected chi connectivity index (χ2v) is 4.18. The number of anilines is 1. The van der Waals surface area contributed by atoms with Crippen molar-refractivity contribution in [2.24, 2.45) is 0 Å². The molecule has 0 saturated carbocycles. The van der Waals surface area contributed by atoms with Gasteiger partial charge in [0.05, 0.1) is 5.69 Å². The summed E-state index contributed by atoms with van der Waals surface area (Å²) in [4.78, 5) is 11.4. The highest BCUT2D eigenvalue weighted by Gasteiger charge is 2.43. The van der Waals surface area contributed by atoms with E-state index in [9.17, 15) is 18.0 Å². The van der Waals surface area contributed by atoms with E-state index in [-0.39, 0.29) is 17.2 Å². The Kier molecular flexibility index (Phi) is 4.47. The van der Waals surface area contributed by atoms with Gasteiger partial charge in [-0.1, -0.05) is 48.5 Å². The Morgan fingerprint density at radius 2 is 1.48 bits per heavy atom. The van der Waals surface area contributed by atoms with Gasteiger partial charge in [0.25, 0.3) is 0 Å². The molecule has 0 unspecified atom stereocenters. The molecule has 21 heavy (non-hydrogen) atoms. The topological polar surface area (TPSA) is 29.5 Å². The first-order valence-corrected chi connectivity index (χ1v) is 6.11. The molecule has 0 N–H and O–H groups in total. The van der Waals surface area contributed by atoms with Crippen LogP contribution in [-0.2, 0) is 11.3 Å². The number of hydrogen-bond acceptors (Lipinski definition) is 2. The SMILES string of the molecule is O=C(OCc1ccccc1)N(c1ccccc1)C(F)(F)F. The van der Waals surface area contributed by atoms with Gasteiger partial charge in [-0.05, 0) is 17.7 Å². The molecular formula is C15H12F3NO2. The zero-order valence-corrected chi connectivity index (χ0v) is 10.9. The fraction of sp³-hybridized carbons (Fsp3) is 0.133. The standard InChI is InChI=1S/C15H12F3NO2/c16-15(17,18)19(13-9-5-2-6-10-13)14(20)21-11-12-7-3-1-4-8-12/h1-10H,11H2. The number of carbonyl (C=O) groups is 1. The summed E-state index contributed by atoms with van der Waals surface area (Å²) >= 11 is 0. The maximum Gasteiger partial charge on any atom is 0.494 e. The van der Waals surface area contributed by atoms with Crippen molar-refractivity contribution >= 4 is 11.8 Å². The zero-order chi connectivity index (χ0) is 15.3. The highest BCUT2D eigenvalue weighted by Crippen LogP contribution is 2.29. The van der Waals surface area contributed by atoms with Crippen LogP contribution < -0.4 is 4.90 Å². The van der Waals surface area contributed by atoms with Crippen LogP contribution in [0.5, 0.6) is 0 Å². The summed E-state index contributed by atoms with van der Waals surface area (Å²) in [6.45, 7) is -0.223. The fourth-order valence-corrected chi connectivity index (χ4v) is 1.72. The molecule has 0 aliphatic heterocycles. The molecule has 3 nitrogen and oxygen atoms in total. The van der Waals surface area contributed by atoms with Gasteiger partial charge < -0.3 is 4.74 Å². The maximum atomic E-state index is 13.0. The quantitative estimate of drug-likeness (QED) is 0.788. The average Bonchev–Trinajstić information content (AvgIpc) is 2.46. The second-order valence-electron chi connectivity index (χ2n) is 4.18. The van der Waals surface area contributed by atoms with Gasteiger partial charge in [0.1, 0.15) is 6.61 Å². The van der Waals surface area contributed by atoms with Gasteiger partial charge in [-0.15, -0.1) is 13.2 Å². The van der Waals surface area contributed by atoms with Gasteiger partial charge in [0.15, 0.2) is 0 Å². The molecule has 2 aromatic carbocycles. The predicted octanol–water partition coefficient (Wildman–Crippen LogP) is 4.35. The number of rotatable bonds is 3. The van der Waals surface area contributed by atoms with Crippen LogP contribution >= 0.6 is 0 Å². The maximum absolute atomic E-state index is 13.0. The minimum atomic E-state index is -4.85. The Hall–Kier alpha value is -2.50. The van der Waals surface area contributed by atoms with Crippen molar-refractivity contribution in [1.29, 1.82) is 0 Å². The molecule has 0 fully saturated rings. The van der Waals surface area contributed by atoms with Gasteiger partial charge in [-0.25, -0.2) is 4.79 Å². The zero-order valence-electron chi connectivity index (χ0n) is 10.9. The molecule has 6 heteroatoms. The summed E-state index contributed by atoms with van der Waals surface area (Å²) in [5.74, 6) is 0. The van der Waals surface area contributed by atoms with Gasteiger partial charge >= 0.3 is 12.4 Å². The second kappa shape index (κ2) is 6.30. The summed E-state index contributed by atoms with van der Waals surface area (Å²) in [5, 5.41) is 0. The van der Waals surface area contributed by atoms with E-state index in [1.165, 1.54) is 24.3 Å². The van der Waals surface area contributed by atoms with Crippen LogP contribution in [0.1, 0.15) is 5.56 Å². The summed E-state index contributed by atoms with van der Waals surface area (Å²) in [5.41, 5.74) is 0.323. The van der Waals surface area contributed by atoms with Gasteiger partial charge in [0.2, 0.25) is 0 Å². The highest BCUT2D eigenvalue weighted by atomic mass is 19.4. The van der Waals surface area contributed by atoms with Crippen molar-refractivity contribution in [1.82, 2.24) is 0 Å². The van der Waals surface area contributed by atoms with E-state index >= 15 is 0 Å². The monoisotopic (exact) mass is 295 g/mol. The van der Waals surface area contributed by atoms with E-state index < -0.39 is 12.4 Å². The lowest BCUT2D eigenvalue weighted by Crippen LogP contribution is -2.43. The number of para-hydroxylation sites is 1. The molecule has 0 atom stereocenters. The Morgan fingerprint density at radius 3 is 2.00 bits per heavy atom. The number of alkyl halides is 3.